The van der Waals surface area contributed by atoms with Gasteiger partial charge in [-0.1, -0.05) is 17.7 Å². The molecule has 1 aromatic carbocycles. The van der Waals surface area contributed by atoms with E-state index in [4.69, 9.17) is 11.6 Å². The van der Waals surface area contributed by atoms with Crippen molar-refractivity contribution in [2.45, 2.75) is 6.61 Å². The topological polar surface area (TPSA) is 74.2 Å². The first-order valence-electron chi connectivity index (χ1n) is 5.67. The normalized spacial score (nSPS) is 10.2. The van der Waals surface area contributed by atoms with Gasteiger partial charge in [-0.3, -0.25) is 0 Å². The summed E-state index contributed by atoms with van der Waals surface area (Å²) in [5.74, 6) is 0. The fraction of sp³-hybridized carbons (Fsp3) is 0.0769. The molecule has 2 rings (SSSR count). The molecule has 0 aliphatic rings. The lowest BCUT2D eigenvalue weighted by molar-refractivity contribution is 0.262. The molecule has 2 aromatic rings. The van der Waals surface area contributed by atoms with E-state index < -0.39 is 6.03 Å². The Morgan fingerprint density at radius 3 is 2.80 bits per heavy atom. The summed E-state index contributed by atoms with van der Waals surface area (Å²) in [5.41, 5.74) is 1.64. The van der Waals surface area contributed by atoms with Crippen LogP contribution >= 0.6 is 27.5 Å². The second-order valence-corrected chi connectivity index (χ2v) is 5.15. The number of aromatic nitrogens is 1. The molecule has 0 saturated carbocycles. The van der Waals surface area contributed by atoms with E-state index in [1.165, 1.54) is 0 Å². The van der Waals surface area contributed by atoms with Crippen LogP contribution in [0.2, 0.25) is 5.02 Å². The van der Waals surface area contributed by atoms with Crippen LogP contribution in [0, 0.1) is 0 Å². The van der Waals surface area contributed by atoms with Crippen LogP contribution in [-0.2, 0) is 6.61 Å². The van der Waals surface area contributed by atoms with E-state index in [-0.39, 0.29) is 6.61 Å². The van der Waals surface area contributed by atoms with Crippen molar-refractivity contribution in [2.75, 3.05) is 10.6 Å². The third kappa shape index (κ3) is 3.93. The number of amides is 2. The average molecular weight is 357 g/mol. The Morgan fingerprint density at radius 2 is 2.10 bits per heavy atom. The predicted octanol–water partition coefficient (Wildman–Crippen LogP) is 3.63. The lowest BCUT2D eigenvalue weighted by Gasteiger charge is -2.11. The molecule has 7 heteroatoms. The Bertz CT molecular complexity index is 637. The number of hydrogen-bond acceptors (Lipinski definition) is 3. The molecule has 0 fully saturated rings. The average Bonchev–Trinajstić information content (AvgIpc) is 2.38. The summed E-state index contributed by atoms with van der Waals surface area (Å²) in [7, 11) is 0. The zero-order valence-corrected chi connectivity index (χ0v) is 12.6. The van der Waals surface area contributed by atoms with Gasteiger partial charge in [-0.05, 0) is 40.2 Å². The van der Waals surface area contributed by atoms with Gasteiger partial charge < -0.3 is 15.7 Å². The fourth-order valence-corrected chi connectivity index (χ4v) is 2.10. The van der Waals surface area contributed by atoms with Gasteiger partial charge in [-0.25, -0.2) is 9.78 Å². The summed E-state index contributed by atoms with van der Waals surface area (Å²) in [6, 6.07) is 7.78. The van der Waals surface area contributed by atoms with Crippen molar-refractivity contribution in [2.24, 2.45) is 0 Å². The summed E-state index contributed by atoms with van der Waals surface area (Å²) in [5, 5.41) is 15.0. The predicted molar refractivity (Wildman–Crippen MR) is 82.0 cm³/mol. The molecule has 0 aliphatic heterocycles. The number of hydrogen-bond donors (Lipinski definition) is 3. The molecule has 1 aromatic heterocycles. The summed E-state index contributed by atoms with van der Waals surface area (Å²) in [6.45, 7) is -0.187. The summed E-state index contributed by atoms with van der Waals surface area (Å²) < 4.78 is 0.620. The minimum absolute atomic E-state index is 0.187. The van der Waals surface area contributed by atoms with E-state index in [2.05, 4.69) is 31.5 Å². The largest absolute Gasteiger partial charge is 0.392 e. The zero-order valence-electron chi connectivity index (χ0n) is 10.2. The number of nitrogens with zero attached hydrogens (tertiary/aromatic N) is 1. The lowest BCUT2D eigenvalue weighted by Crippen LogP contribution is -2.20. The van der Waals surface area contributed by atoms with Gasteiger partial charge in [0.15, 0.2) is 0 Å². The molecular formula is C13H11BrClN3O2. The highest BCUT2D eigenvalue weighted by Crippen LogP contribution is 2.21. The highest BCUT2D eigenvalue weighted by molar-refractivity contribution is 9.10. The molecule has 2 amide bonds. The van der Waals surface area contributed by atoms with Crippen molar-refractivity contribution < 1.29 is 9.90 Å². The molecule has 0 saturated heterocycles. The molecule has 3 N–H and O–H groups in total. The minimum Gasteiger partial charge on any atom is -0.392 e. The third-order valence-electron chi connectivity index (χ3n) is 2.47. The van der Waals surface area contributed by atoms with Gasteiger partial charge in [0, 0.05) is 28.2 Å². The summed E-state index contributed by atoms with van der Waals surface area (Å²) in [4.78, 5) is 15.9. The maximum atomic E-state index is 11.9. The van der Waals surface area contributed by atoms with E-state index in [1.807, 2.05) is 0 Å². The standard InChI is InChI=1S/C13H11BrClN3O2/c14-12-6-10(3-4-16-12)17-13(20)18-11-5-9(15)2-1-8(11)7-19/h1-6,19H,7H2,(H2,16,17,18,20). The number of carbonyl (C=O) groups excluding carboxylic acids is 1. The van der Waals surface area contributed by atoms with Gasteiger partial charge in [-0.15, -0.1) is 0 Å². The smallest absolute Gasteiger partial charge is 0.323 e. The molecule has 1 heterocycles. The van der Waals surface area contributed by atoms with Crippen molar-refractivity contribution in [3.8, 4) is 0 Å². The van der Waals surface area contributed by atoms with E-state index in [9.17, 15) is 9.90 Å². The highest BCUT2D eigenvalue weighted by atomic mass is 79.9. The maximum absolute atomic E-state index is 11.9. The number of anilines is 2. The third-order valence-corrected chi connectivity index (χ3v) is 3.14. The van der Waals surface area contributed by atoms with Crippen molar-refractivity contribution >= 4 is 44.9 Å². The van der Waals surface area contributed by atoms with Crippen LogP contribution in [0.4, 0.5) is 16.2 Å². The van der Waals surface area contributed by atoms with Crippen LogP contribution < -0.4 is 10.6 Å². The molecule has 0 aliphatic carbocycles. The number of carbonyl (C=O) groups is 1. The van der Waals surface area contributed by atoms with Crippen LogP contribution in [0.15, 0.2) is 41.1 Å². The number of urea groups is 1. The van der Waals surface area contributed by atoms with Gasteiger partial charge >= 0.3 is 6.03 Å². The molecule has 0 bridgehead atoms. The van der Waals surface area contributed by atoms with E-state index in [0.29, 0.717) is 26.6 Å². The number of aliphatic hydroxyl groups is 1. The summed E-state index contributed by atoms with van der Waals surface area (Å²) >= 11 is 9.09. The Balaban J connectivity index is 2.10. The van der Waals surface area contributed by atoms with E-state index >= 15 is 0 Å². The molecule has 0 unspecified atom stereocenters. The number of rotatable bonds is 3. The van der Waals surface area contributed by atoms with E-state index in [1.54, 1.807) is 36.5 Å². The zero-order chi connectivity index (χ0) is 14.5. The van der Waals surface area contributed by atoms with Gasteiger partial charge in [0.1, 0.15) is 4.60 Å². The van der Waals surface area contributed by atoms with Crippen LogP contribution in [0.1, 0.15) is 5.56 Å². The van der Waals surface area contributed by atoms with Crippen LogP contribution in [0.25, 0.3) is 0 Å². The summed E-state index contributed by atoms with van der Waals surface area (Å²) in [6.07, 6.45) is 1.57. The molecular weight excluding hydrogens is 346 g/mol. The van der Waals surface area contributed by atoms with Crippen molar-refractivity contribution in [3.05, 3.63) is 51.7 Å². The Labute approximate surface area is 129 Å². The quantitative estimate of drug-likeness (QED) is 0.735. The van der Waals surface area contributed by atoms with Gasteiger partial charge in [0.2, 0.25) is 0 Å². The molecule has 0 spiro atoms. The number of halogens is 2. The first kappa shape index (κ1) is 14.8. The van der Waals surface area contributed by atoms with Crippen LogP contribution in [0.5, 0.6) is 0 Å². The number of benzene rings is 1. The van der Waals surface area contributed by atoms with Gasteiger partial charge in [-0.2, -0.15) is 0 Å². The first-order chi connectivity index (χ1) is 9.58. The SMILES string of the molecule is O=C(Nc1ccnc(Br)c1)Nc1cc(Cl)ccc1CO. The second-order valence-electron chi connectivity index (χ2n) is 3.91. The number of nitrogens with one attached hydrogen (secondary N) is 2. The Morgan fingerprint density at radius 1 is 1.30 bits per heavy atom. The monoisotopic (exact) mass is 355 g/mol. The molecule has 0 atom stereocenters. The number of pyridine rings is 1. The Hall–Kier alpha value is -1.63. The van der Waals surface area contributed by atoms with Gasteiger partial charge in [0.25, 0.3) is 0 Å². The van der Waals surface area contributed by atoms with Crippen molar-refractivity contribution in [3.63, 3.8) is 0 Å². The van der Waals surface area contributed by atoms with Crippen LogP contribution in [0.3, 0.4) is 0 Å². The number of aliphatic hydroxyl groups excluding tert-OH is 1. The maximum Gasteiger partial charge on any atom is 0.323 e. The highest BCUT2D eigenvalue weighted by Gasteiger charge is 2.07. The second kappa shape index (κ2) is 6.69. The minimum atomic E-state index is -0.430. The fourth-order valence-electron chi connectivity index (χ4n) is 1.57. The van der Waals surface area contributed by atoms with Crippen LogP contribution in [-0.4, -0.2) is 16.1 Å². The molecule has 20 heavy (non-hydrogen) atoms. The molecule has 5 nitrogen and oxygen atoms in total. The van der Waals surface area contributed by atoms with Crippen molar-refractivity contribution in [1.29, 1.82) is 0 Å². The lowest BCUT2D eigenvalue weighted by atomic mass is 10.2. The van der Waals surface area contributed by atoms with E-state index in [0.717, 1.165) is 0 Å². The Kier molecular flexibility index (Phi) is 4.94. The van der Waals surface area contributed by atoms with Crippen molar-refractivity contribution in [1.82, 2.24) is 4.98 Å². The molecule has 0 radical (unpaired) electrons. The molecule has 104 valence electrons. The van der Waals surface area contributed by atoms with Gasteiger partial charge in [0.05, 0.1) is 6.61 Å². The first-order valence-corrected chi connectivity index (χ1v) is 6.84.